The molecule has 2 atom stereocenters. The molecule has 168 valence electrons. The summed E-state index contributed by atoms with van der Waals surface area (Å²) in [6.45, 7) is 5.57. The molecule has 0 saturated heterocycles. The van der Waals surface area contributed by atoms with Gasteiger partial charge in [-0.2, -0.15) is 5.10 Å². The van der Waals surface area contributed by atoms with Gasteiger partial charge in [-0.25, -0.2) is 4.68 Å². The largest absolute Gasteiger partial charge is 0.368 e. The maximum atomic E-state index is 13.2. The average Bonchev–Trinajstić information content (AvgIpc) is 3.08. The van der Waals surface area contributed by atoms with Gasteiger partial charge in [0, 0.05) is 21.2 Å². The molecule has 0 fully saturated rings. The summed E-state index contributed by atoms with van der Waals surface area (Å²) >= 11 is 18.6. The van der Waals surface area contributed by atoms with Gasteiger partial charge in [-0.3, -0.25) is 9.59 Å². The number of amides is 2. The van der Waals surface area contributed by atoms with Gasteiger partial charge in [0.25, 0.3) is 5.91 Å². The van der Waals surface area contributed by atoms with E-state index in [2.05, 4.69) is 10.4 Å². The molecule has 9 heteroatoms. The lowest BCUT2D eigenvalue weighted by Crippen LogP contribution is -2.48. The van der Waals surface area contributed by atoms with Gasteiger partial charge in [-0.1, -0.05) is 67.2 Å². The second kappa shape index (κ2) is 9.94. The highest BCUT2D eigenvalue weighted by atomic mass is 35.5. The molecule has 0 aliphatic carbocycles. The fourth-order valence-electron chi connectivity index (χ4n) is 3.42. The van der Waals surface area contributed by atoms with Crippen LogP contribution >= 0.6 is 34.8 Å². The number of nitrogens with two attached hydrogens (primary N) is 1. The Morgan fingerprint density at radius 3 is 2.28 bits per heavy atom. The maximum Gasteiger partial charge on any atom is 0.272 e. The van der Waals surface area contributed by atoms with Crippen LogP contribution in [-0.2, 0) is 4.79 Å². The van der Waals surface area contributed by atoms with Crippen LogP contribution in [0.15, 0.2) is 42.5 Å². The summed E-state index contributed by atoms with van der Waals surface area (Å²) in [6, 6.07) is 11.4. The number of aromatic nitrogens is 2. The number of carbonyl (C=O) groups is 2. The summed E-state index contributed by atoms with van der Waals surface area (Å²) in [6.07, 6.45) is 0.678. The van der Waals surface area contributed by atoms with Crippen molar-refractivity contribution in [2.45, 2.75) is 33.2 Å². The van der Waals surface area contributed by atoms with Crippen molar-refractivity contribution in [2.24, 2.45) is 11.7 Å². The molecule has 1 heterocycles. The lowest BCUT2D eigenvalue weighted by molar-refractivity contribution is -0.120. The predicted octanol–water partition coefficient (Wildman–Crippen LogP) is 5.44. The van der Waals surface area contributed by atoms with Gasteiger partial charge in [-0.05, 0) is 43.2 Å². The molecule has 0 aliphatic heterocycles. The summed E-state index contributed by atoms with van der Waals surface area (Å²) in [7, 11) is 0. The Morgan fingerprint density at radius 2 is 1.72 bits per heavy atom. The SMILES string of the molecule is CCC(C)C(NC(=O)c1nn(-c2ccc(Cl)cc2Cl)c(-c2ccc(Cl)cc2)c1C)C(N)=O. The van der Waals surface area contributed by atoms with Crippen LogP contribution in [0.5, 0.6) is 0 Å². The van der Waals surface area contributed by atoms with Crippen LogP contribution in [0.1, 0.15) is 36.3 Å². The van der Waals surface area contributed by atoms with Crippen molar-refractivity contribution in [3.05, 3.63) is 68.8 Å². The first-order valence-corrected chi connectivity index (χ1v) is 11.2. The Bertz CT molecular complexity index is 1160. The van der Waals surface area contributed by atoms with E-state index in [0.29, 0.717) is 38.4 Å². The number of halogens is 3. The predicted molar refractivity (Wildman–Crippen MR) is 129 cm³/mol. The van der Waals surface area contributed by atoms with Crippen molar-refractivity contribution in [1.82, 2.24) is 15.1 Å². The van der Waals surface area contributed by atoms with Crippen LogP contribution in [0.25, 0.3) is 16.9 Å². The molecule has 3 rings (SSSR count). The Hall–Kier alpha value is -2.54. The van der Waals surface area contributed by atoms with Crippen molar-refractivity contribution >= 4 is 46.6 Å². The minimum atomic E-state index is -0.810. The molecule has 0 aliphatic rings. The normalized spacial score (nSPS) is 12.9. The van der Waals surface area contributed by atoms with E-state index in [0.717, 1.165) is 5.56 Å². The van der Waals surface area contributed by atoms with E-state index in [4.69, 9.17) is 40.5 Å². The van der Waals surface area contributed by atoms with E-state index in [1.165, 1.54) is 0 Å². The molecule has 6 nitrogen and oxygen atoms in total. The number of nitrogens with one attached hydrogen (secondary N) is 1. The average molecular weight is 494 g/mol. The molecular weight excluding hydrogens is 471 g/mol. The van der Waals surface area contributed by atoms with Gasteiger partial charge < -0.3 is 11.1 Å². The van der Waals surface area contributed by atoms with Crippen molar-refractivity contribution in [3.63, 3.8) is 0 Å². The van der Waals surface area contributed by atoms with Crippen LogP contribution in [0, 0.1) is 12.8 Å². The fraction of sp³-hybridized carbons (Fsp3) is 0.261. The standard InChI is InChI=1S/C23H23Cl3N4O2/c1-4-12(2)19(22(27)31)28-23(32)20-13(3)21(14-5-7-15(24)8-6-14)30(29-20)18-10-9-16(25)11-17(18)26/h5-12,19H,4H2,1-3H3,(H2,27,31)(H,28,32). The van der Waals surface area contributed by atoms with Gasteiger partial charge >= 0.3 is 0 Å². The smallest absolute Gasteiger partial charge is 0.272 e. The van der Waals surface area contributed by atoms with Crippen molar-refractivity contribution in [2.75, 3.05) is 0 Å². The molecule has 2 amide bonds. The van der Waals surface area contributed by atoms with Gasteiger partial charge in [-0.15, -0.1) is 0 Å². The first kappa shape index (κ1) is 24.1. The minimum absolute atomic E-state index is 0.125. The molecule has 0 radical (unpaired) electrons. The van der Waals surface area contributed by atoms with E-state index in [9.17, 15) is 9.59 Å². The molecule has 0 bridgehead atoms. The number of nitrogens with zero attached hydrogens (tertiary/aromatic N) is 2. The lowest BCUT2D eigenvalue weighted by Gasteiger charge is -2.20. The van der Waals surface area contributed by atoms with Crippen LogP contribution in [0.2, 0.25) is 15.1 Å². The van der Waals surface area contributed by atoms with Gasteiger partial charge in [0.05, 0.1) is 16.4 Å². The molecule has 32 heavy (non-hydrogen) atoms. The Morgan fingerprint density at radius 1 is 1.09 bits per heavy atom. The van der Waals surface area contributed by atoms with Crippen molar-refractivity contribution in [3.8, 4) is 16.9 Å². The van der Waals surface area contributed by atoms with E-state index >= 15 is 0 Å². The number of primary amides is 1. The number of carbonyl (C=O) groups excluding carboxylic acids is 2. The Balaban J connectivity index is 2.15. The number of rotatable bonds is 7. The maximum absolute atomic E-state index is 13.2. The van der Waals surface area contributed by atoms with E-state index in [1.54, 1.807) is 41.9 Å². The first-order chi connectivity index (χ1) is 15.1. The quantitative estimate of drug-likeness (QED) is 0.459. The second-order valence-corrected chi connectivity index (χ2v) is 8.86. The lowest BCUT2D eigenvalue weighted by atomic mass is 9.98. The Kier molecular flexibility index (Phi) is 7.49. The zero-order valence-electron chi connectivity index (χ0n) is 17.8. The molecule has 0 saturated carbocycles. The summed E-state index contributed by atoms with van der Waals surface area (Å²) < 4.78 is 1.59. The van der Waals surface area contributed by atoms with Crippen LogP contribution in [0.3, 0.4) is 0 Å². The van der Waals surface area contributed by atoms with Crippen LogP contribution < -0.4 is 11.1 Å². The monoisotopic (exact) mass is 492 g/mol. The zero-order chi connectivity index (χ0) is 23.6. The molecule has 3 aromatic rings. The number of hydrogen-bond donors (Lipinski definition) is 2. The second-order valence-electron chi connectivity index (χ2n) is 7.58. The van der Waals surface area contributed by atoms with Gasteiger partial charge in [0.2, 0.25) is 5.91 Å². The summed E-state index contributed by atoms with van der Waals surface area (Å²) in [5.74, 6) is -1.21. The zero-order valence-corrected chi connectivity index (χ0v) is 20.1. The molecule has 3 N–H and O–H groups in total. The highest BCUT2D eigenvalue weighted by Gasteiger charge is 2.28. The Labute approximate surface area is 201 Å². The van der Waals surface area contributed by atoms with Crippen LogP contribution in [-0.4, -0.2) is 27.6 Å². The van der Waals surface area contributed by atoms with Gasteiger partial charge in [0.1, 0.15) is 6.04 Å². The van der Waals surface area contributed by atoms with E-state index < -0.39 is 17.9 Å². The van der Waals surface area contributed by atoms with Crippen molar-refractivity contribution in [1.29, 1.82) is 0 Å². The molecule has 2 aromatic carbocycles. The molecular formula is C23H23Cl3N4O2. The summed E-state index contributed by atoms with van der Waals surface area (Å²) in [5, 5.41) is 8.73. The summed E-state index contributed by atoms with van der Waals surface area (Å²) in [4.78, 5) is 25.1. The molecule has 2 unspecified atom stereocenters. The van der Waals surface area contributed by atoms with Gasteiger partial charge in [0.15, 0.2) is 5.69 Å². The van der Waals surface area contributed by atoms with E-state index in [-0.39, 0.29) is 11.6 Å². The van der Waals surface area contributed by atoms with Crippen molar-refractivity contribution < 1.29 is 9.59 Å². The topological polar surface area (TPSA) is 90.0 Å². The third-order valence-electron chi connectivity index (χ3n) is 5.40. The molecule has 1 aromatic heterocycles. The number of hydrogen-bond acceptors (Lipinski definition) is 3. The highest BCUT2D eigenvalue weighted by molar-refractivity contribution is 6.35. The fourth-order valence-corrected chi connectivity index (χ4v) is 4.04. The van der Waals surface area contributed by atoms with E-state index in [1.807, 2.05) is 26.0 Å². The highest BCUT2D eigenvalue weighted by Crippen LogP contribution is 2.33. The van der Waals surface area contributed by atoms with Crippen LogP contribution in [0.4, 0.5) is 0 Å². The third-order valence-corrected chi connectivity index (χ3v) is 6.19. The minimum Gasteiger partial charge on any atom is -0.368 e. The first-order valence-electron chi connectivity index (χ1n) is 10.0. The molecule has 0 spiro atoms. The summed E-state index contributed by atoms with van der Waals surface area (Å²) in [5.41, 5.74) is 8.30. The third kappa shape index (κ3) is 4.93. The number of benzene rings is 2.